The quantitative estimate of drug-likeness (QED) is 0.0264. The Kier molecular flexibility index (Phi) is 69.9. The van der Waals surface area contributed by atoms with Gasteiger partial charge in [-0.1, -0.05) is 295 Å². The second kappa shape index (κ2) is 74.8. The molecular weight excluding hydrogens is 1170 g/mol. The molecule has 0 radical (unpaired) electrons. The van der Waals surface area contributed by atoms with E-state index >= 15 is 0 Å². The fraction of sp³-hybridized carbons (Fsp3) is 0.494. The van der Waals surface area contributed by atoms with Gasteiger partial charge in [0.2, 0.25) is 0 Å². The third kappa shape index (κ3) is 74.7. The molecule has 0 fully saturated rings. The van der Waals surface area contributed by atoms with Crippen LogP contribution in [0.1, 0.15) is 232 Å². The highest BCUT2D eigenvalue weighted by Crippen LogP contribution is 2.43. The minimum atomic E-state index is -4.43. The summed E-state index contributed by atoms with van der Waals surface area (Å²) < 4.78 is 33.1. The van der Waals surface area contributed by atoms with Crippen LogP contribution in [0.25, 0.3) is 0 Å². The SMILES string of the molecule is CC/C=C\C/C=C\C/C=C\C/C=C\C/C=C\C/C=C\C/C=C\C/C=C\C/C=C\C/C=C\C/C=C\C/C=C\CCCCC(=O)OC(COC(=O)CCCCCCCCCC/C=C\C/C=C\C/C=C\C/C=C\C/C=C\C/C=C\C/C=C\C/C=C\CC)COP(=O)(O)OCCN. The van der Waals surface area contributed by atoms with Crippen LogP contribution in [-0.4, -0.2) is 49.3 Å². The van der Waals surface area contributed by atoms with Crippen molar-refractivity contribution in [3.63, 3.8) is 0 Å². The van der Waals surface area contributed by atoms with Crippen LogP contribution in [-0.2, 0) is 32.7 Å². The lowest BCUT2D eigenvalue weighted by Crippen LogP contribution is -2.29. The minimum Gasteiger partial charge on any atom is -0.462 e. The van der Waals surface area contributed by atoms with E-state index in [9.17, 15) is 19.0 Å². The van der Waals surface area contributed by atoms with Crippen LogP contribution in [0.4, 0.5) is 0 Å². The van der Waals surface area contributed by atoms with Gasteiger partial charge in [-0.05, 0) is 167 Å². The first kappa shape index (κ1) is 86.8. The molecule has 0 aromatic rings. The van der Waals surface area contributed by atoms with Gasteiger partial charge in [0.25, 0.3) is 0 Å². The number of carbonyl (C=O) groups excluding carboxylic acids is 2. The Balaban J connectivity index is 4.11. The molecule has 9 nitrogen and oxygen atoms in total. The molecule has 10 heteroatoms. The van der Waals surface area contributed by atoms with Crippen molar-refractivity contribution in [2.75, 3.05) is 26.4 Å². The molecule has 516 valence electrons. The van der Waals surface area contributed by atoms with Crippen LogP contribution in [0, 0.1) is 0 Å². The maximum Gasteiger partial charge on any atom is 0.472 e. The summed E-state index contributed by atoms with van der Waals surface area (Å²) >= 11 is 0. The number of rotatable bonds is 63. The van der Waals surface area contributed by atoms with E-state index in [-0.39, 0.29) is 32.6 Å². The summed E-state index contributed by atoms with van der Waals surface area (Å²) in [5.74, 6) is -0.909. The van der Waals surface area contributed by atoms with E-state index in [1.54, 1.807) is 0 Å². The Labute approximate surface area is 567 Å². The van der Waals surface area contributed by atoms with Gasteiger partial charge in [-0.3, -0.25) is 18.6 Å². The third-order valence-corrected chi connectivity index (χ3v) is 14.7. The van der Waals surface area contributed by atoms with Crippen LogP contribution in [0.15, 0.2) is 243 Å². The van der Waals surface area contributed by atoms with E-state index in [4.69, 9.17) is 24.3 Å². The molecule has 0 amide bonds. The smallest absolute Gasteiger partial charge is 0.462 e. The van der Waals surface area contributed by atoms with Crippen molar-refractivity contribution in [3.8, 4) is 0 Å². The summed E-state index contributed by atoms with van der Waals surface area (Å²) in [5.41, 5.74) is 5.40. The van der Waals surface area contributed by atoms with Crippen LogP contribution in [0.3, 0.4) is 0 Å². The van der Waals surface area contributed by atoms with Gasteiger partial charge in [-0.15, -0.1) is 0 Å². The second-order valence-corrected chi connectivity index (χ2v) is 23.7. The Morgan fingerprint density at radius 2 is 0.559 bits per heavy atom. The van der Waals surface area contributed by atoms with Gasteiger partial charge in [0.15, 0.2) is 6.10 Å². The maximum atomic E-state index is 12.8. The monoisotopic (exact) mass is 1300 g/mol. The predicted molar refractivity (Wildman–Crippen MR) is 403 cm³/mol. The third-order valence-electron chi connectivity index (χ3n) is 13.7. The molecule has 0 saturated carbocycles. The van der Waals surface area contributed by atoms with Crippen molar-refractivity contribution < 1.29 is 37.6 Å². The Bertz CT molecular complexity index is 2430. The van der Waals surface area contributed by atoms with E-state index in [0.29, 0.717) is 12.8 Å². The van der Waals surface area contributed by atoms with Gasteiger partial charge >= 0.3 is 19.8 Å². The second-order valence-electron chi connectivity index (χ2n) is 22.3. The molecule has 0 aromatic carbocycles. The molecule has 0 heterocycles. The number of allylic oxidation sites excluding steroid dienone is 40. The van der Waals surface area contributed by atoms with Crippen LogP contribution >= 0.6 is 7.82 Å². The molecule has 0 bridgehead atoms. The fourth-order valence-electron chi connectivity index (χ4n) is 8.57. The van der Waals surface area contributed by atoms with Gasteiger partial charge in [0.1, 0.15) is 6.61 Å². The first-order valence-corrected chi connectivity index (χ1v) is 37.0. The lowest BCUT2D eigenvalue weighted by molar-refractivity contribution is -0.161. The number of esters is 2. The number of nitrogens with two attached hydrogens (primary N) is 1. The van der Waals surface area contributed by atoms with Crippen molar-refractivity contribution in [3.05, 3.63) is 243 Å². The zero-order valence-corrected chi connectivity index (χ0v) is 58.8. The summed E-state index contributed by atoms with van der Waals surface area (Å²) in [7, 11) is -4.43. The maximum absolute atomic E-state index is 12.8. The zero-order chi connectivity index (χ0) is 67.2. The standard InChI is InChI=1S/C83H126NO8P/c1-3-5-7-9-11-13-15-17-19-21-23-25-27-29-31-33-35-37-38-39-40-41-42-44-46-48-50-52-54-56-58-60-62-64-66-68-70-72-74-76-83(86)92-81(80-91-93(87,88)90-78-77-84)79-89-82(85)75-73-71-69-67-65-63-61-59-57-55-53-51-49-47-45-43-36-34-32-30-28-26-24-22-20-18-16-14-12-10-8-6-4-2/h5-8,11-14,17-20,23-26,29-32,35-37,39-40,42-44,47-50,53-56,60,62,66,68,81H,3-4,9-10,15-16,21-22,27-28,33-34,38,41,45-46,51-52,57-59,61,63-65,67,69-80,84H2,1-2H3,(H,87,88)/b7-5-,8-6-,13-11-,14-12-,19-17-,20-18-,25-23-,26-24-,31-29-,32-30-,37-35-,40-39-,43-36-,44-42-,49-47-,50-48-,55-53-,56-54-,62-60-,68-66-. The van der Waals surface area contributed by atoms with E-state index < -0.39 is 32.5 Å². The Morgan fingerprint density at radius 3 is 0.849 bits per heavy atom. The summed E-state index contributed by atoms with van der Waals surface area (Å²) in [5, 5.41) is 0. The summed E-state index contributed by atoms with van der Waals surface area (Å²) in [6.45, 7) is 3.42. The number of unbranched alkanes of at least 4 members (excludes halogenated alkanes) is 10. The molecule has 0 rings (SSSR count). The average Bonchev–Trinajstić information content (AvgIpc) is 3.60. The van der Waals surface area contributed by atoms with Crippen LogP contribution in [0.5, 0.6) is 0 Å². The molecule has 0 saturated heterocycles. The highest BCUT2D eigenvalue weighted by molar-refractivity contribution is 7.47. The minimum absolute atomic E-state index is 0.0312. The van der Waals surface area contributed by atoms with Crippen molar-refractivity contribution in [2.45, 2.75) is 238 Å². The topological polar surface area (TPSA) is 134 Å². The number of carbonyl (C=O) groups is 2. The lowest BCUT2D eigenvalue weighted by atomic mass is 10.1. The van der Waals surface area contributed by atoms with Gasteiger partial charge in [-0.2, -0.15) is 0 Å². The molecule has 93 heavy (non-hydrogen) atoms. The van der Waals surface area contributed by atoms with Crippen LogP contribution in [0.2, 0.25) is 0 Å². The highest BCUT2D eigenvalue weighted by atomic mass is 31.2. The molecule has 0 aliphatic heterocycles. The summed E-state index contributed by atoms with van der Waals surface area (Å²) in [4.78, 5) is 35.4. The molecular formula is C83H126NO8P. The van der Waals surface area contributed by atoms with Gasteiger partial charge < -0.3 is 20.1 Å². The van der Waals surface area contributed by atoms with Crippen molar-refractivity contribution in [2.24, 2.45) is 5.73 Å². The summed E-state index contributed by atoms with van der Waals surface area (Å²) in [6.07, 6.45) is 120. The molecule has 0 aromatic heterocycles. The number of hydrogen-bond donors (Lipinski definition) is 2. The van der Waals surface area contributed by atoms with Gasteiger partial charge in [0, 0.05) is 19.4 Å². The molecule has 2 unspecified atom stereocenters. The van der Waals surface area contributed by atoms with Crippen molar-refractivity contribution >= 4 is 19.8 Å². The van der Waals surface area contributed by atoms with E-state index in [1.807, 2.05) is 0 Å². The fourth-order valence-corrected chi connectivity index (χ4v) is 9.34. The first-order chi connectivity index (χ1) is 45.8. The zero-order valence-electron chi connectivity index (χ0n) is 57.9. The number of phosphoric acid groups is 1. The van der Waals surface area contributed by atoms with Crippen LogP contribution < -0.4 is 5.73 Å². The number of hydrogen-bond acceptors (Lipinski definition) is 8. The predicted octanol–water partition coefficient (Wildman–Crippen LogP) is 24.0. The molecule has 0 spiro atoms. The van der Waals surface area contributed by atoms with E-state index in [0.717, 1.165) is 167 Å². The number of ether oxygens (including phenoxy) is 2. The van der Waals surface area contributed by atoms with Crippen molar-refractivity contribution in [1.29, 1.82) is 0 Å². The summed E-state index contributed by atoms with van der Waals surface area (Å²) in [6, 6.07) is 0. The Hall–Kier alpha value is -6.19. The largest absolute Gasteiger partial charge is 0.472 e. The van der Waals surface area contributed by atoms with E-state index in [2.05, 4.69) is 257 Å². The number of phosphoric ester groups is 1. The Morgan fingerprint density at radius 1 is 0.323 bits per heavy atom. The molecule has 3 N–H and O–H groups in total. The molecule has 2 atom stereocenters. The first-order valence-electron chi connectivity index (χ1n) is 35.5. The van der Waals surface area contributed by atoms with Crippen molar-refractivity contribution in [1.82, 2.24) is 0 Å². The molecule has 0 aliphatic rings. The lowest BCUT2D eigenvalue weighted by Gasteiger charge is -2.19. The van der Waals surface area contributed by atoms with Gasteiger partial charge in [-0.25, -0.2) is 4.57 Å². The average molecular weight is 1300 g/mol. The highest BCUT2D eigenvalue weighted by Gasteiger charge is 2.26. The van der Waals surface area contributed by atoms with Gasteiger partial charge in [0.05, 0.1) is 13.2 Å². The molecule has 0 aliphatic carbocycles. The normalized spacial score (nSPS) is 14.4. The van der Waals surface area contributed by atoms with E-state index in [1.165, 1.54) is 25.7 Å².